The number of nitrogens with zero attached hydrogens (tertiary/aromatic N) is 1. The molecular formula is C18H19N3O2. The highest BCUT2D eigenvalue weighted by Gasteiger charge is 2.10. The van der Waals surface area contributed by atoms with Crippen LogP contribution >= 0.6 is 0 Å². The van der Waals surface area contributed by atoms with Crippen molar-refractivity contribution in [2.75, 3.05) is 7.11 Å². The third-order valence-electron chi connectivity index (χ3n) is 3.76. The number of carbonyl (C=O) groups is 1. The van der Waals surface area contributed by atoms with Crippen LogP contribution in [0.1, 0.15) is 28.7 Å². The van der Waals surface area contributed by atoms with Crippen LogP contribution in [-0.4, -0.2) is 23.0 Å². The zero-order valence-corrected chi connectivity index (χ0v) is 13.2. The number of methoxy groups -OCH3 is 1. The maximum atomic E-state index is 12.4. The summed E-state index contributed by atoms with van der Waals surface area (Å²) in [5, 5.41) is 2.92. The summed E-state index contributed by atoms with van der Waals surface area (Å²) in [6.07, 6.45) is 0.837. The first-order valence-electron chi connectivity index (χ1n) is 7.60. The number of carbonyl (C=O) groups excluding carboxylic acids is 1. The summed E-state index contributed by atoms with van der Waals surface area (Å²) in [4.78, 5) is 20.0. The van der Waals surface area contributed by atoms with E-state index in [1.807, 2.05) is 43.3 Å². The van der Waals surface area contributed by atoms with Crippen molar-refractivity contribution in [3.63, 3.8) is 0 Å². The molecule has 0 spiro atoms. The normalized spacial score (nSPS) is 10.7. The van der Waals surface area contributed by atoms with E-state index in [9.17, 15) is 4.79 Å². The average molecular weight is 309 g/mol. The van der Waals surface area contributed by atoms with Crippen LogP contribution < -0.4 is 10.1 Å². The minimum absolute atomic E-state index is 0.120. The third kappa shape index (κ3) is 3.18. The molecule has 0 radical (unpaired) electrons. The van der Waals surface area contributed by atoms with Crippen molar-refractivity contribution in [2.45, 2.75) is 19.9 Å². The Morgan fingerprint density at radius 3 is 2.87 bits per heavy atom. The van der Waals surface area contributed by atoms with Gasteiger partial charge in [-0.1, -0.05) is 25.1 Å². The van der Waals surface area contributed by atoms with Crippen molar-refractivity contribution in [3.8, 4) is 5.75 Å². The number of H-pyrrole nitrogens is 1. The standard InChI is InChI=1S/C18H19N3O2/c1-3-17-20-14-9-8-12(10-15(14)21-17)18(22)19-11-13-6-4-5-7-16(13)23-2/h4-10H,3,11H2,1-2H3,(H,19,22)(H,20,21). The highest BCUT2D eigenvalue weighted by molar-refractivity contribution is 5.97. The SMILES string of the molecule is CCc1nc2ccc(C(=O)NCc3ccccc3OC)cc2[nH]1. The Balaban J connectivity index is 1.75. The molecule has 0 aliphatic heterocycles. The van der Waals surface area contributed by atoms with Crippen LogP contribution in [0.3, 0.4) is 0 Å². The number of hydrogen-bond donors (Lipinski definition) is 2. The summed E-state index contributed by atoms with van der Waals surface area (Å²) in [6.45, 7) is 2.46. The second kappa shape index (κ2) is 6.52. The molecule has 0 saturated carbocycles. The molecule has 2 aromatic carbocycles. The molecule has 0 aliphatic carbocycles. The Hall–Kier alpha value is -2.82. The van der Waals surface area contributed by atoms with Crippen molar-refractivity contribution in [1.29, 1.82) is 0 Å². The number of hydrogen-bond acceptors (Lipinski definition) is 3. The van der Waals surface area contributed by atoms with E-state index in [4.69, 9.17) is 4.74 Å². The topological polar surface area (TPSA) is 67.0 Å². The lowest BCUT2D eigenvalue weighted by molar-refractivity contribution is 0.0951. The number of amides is 1. The van der Waals surface area contributed by atoms with Crippen molar-refractivity contribution in [2.24, 2.45) is 0 Å². The number of rotatable bonds is 5. The first-order chi connectivity index (χ1) is 11.2. The van der Waals surface area contributed by atoms with Gasteiger partial charge in [0.1, 0.15) is 11.6 Å². The first kappa shape index (κ1) is 15.1. The molecule has 1 heterocycles. The number of benzene rings is 2. The molecule has 23 heavy (non-hydrogen) atoms. The summed E-state index contributed by atoms with van der Waals surface area (Å²) in [6, 6.07) is 13.1. The van der Waals surface area contributed by atoms with Crippen LogP contribution in [0.2, 0.25) is 0 Å². The maximum Gasteiger partial charge on any atom is 0.251 e. The van der Waals surface area contributed by atoms with Gasteiger partial charge in [-0.3, -0.25) is 4.79 Å². The van der Waals surface area contributed by atoms with E-state index < -0.39 is 0 Å². The summed E-state index contributed by atoms with van der Waals surface area (Å²) in [7, 11) is 1.62. The van der Waals surface area contributed by atoms with E-state index in [0.29, 0.717) is 12.1 Å². The molecule has 5 heteroatoms. The number of fused-ring (bicyclic) bond motifs is 1. The van der Waals surface area contributed by atoms with Crippen molar-refractivity contribution in [3.05, 3.63) is 59.4 Å². The van der Waals surface area contributed by atoms with Crippen LogP contribution in [-0.2, 0) is 13.0 Å². The van der Waals surface area contributed by atoms with Crippen molar-refractivity contribution in [1.82, 2.24) is 15.3 Å². The minimum Gasteiger partial charge on any atom is -0.496 e. The van der Waals surface area contributed by atoms with E-state index in [0.717, 1.165) is 34.6 Å². The van der Waals surface area contributed by atoms with Crippen LogP contribution in [0.4, 0.5) is 0 Å². The van der Waals surface area contributed by atoms with Gasteiger partial charge in [-0.25, -0.2) is 4.98 Å². The molecule has 118 valence electrons. The fourth-order valence-corrected chi connectivity index (χ4v) is 2.50. The largest absolute Gasteiger partial charge is 0.496 e. The number of nitrogens with one attached hydrogen (secondary N) is 2. The minimum atomic E-state index is -0.120. The van der Waals surface area contributed by atoms with Gasteiger partial charge in [-0.15, -0.1) is 0 Å². The fourth-order valence-electron chi connectivity index (χ4n) is 2.50. The van der Waals surface area contributed by atoms with Crippen LogP contribution in [0.25, 0.3) is 11.0 Å². The lowest BCUT2D eigenvalue weighted by Crippen LogP contribution is -2.23. The monoisotopic (exact) mass is 309 g/mol. The fraction of sp³-hybridized carbons (Fsp3) is 0.222. The molecule has 0 unspecified atom stereocenters. The Morgan fingerprint density at radius 2 is 2.09 bits per heavy atom. The van der Waals surface area contributed by atoms with Gasteiger partial charge in [0.25, 0.3) is 5.91 Å². The molecular weight excluding hydrogens is 290 g/mol. The molecule has 1 aromatic heterocycles. The van der Waals surface area contributed by atoms with E-state index >= 15 is 0 Å². The van der Waals surface area contributed by atoms with Gasteiger partial charge in [0.05, 0.1) is 18.1 Å². The zero-order chi connectivity index (χ0) is 16.2. The highest BCUT2D eigenvalue weighted by atomic mass is 16.5. The van der Waals surface area contributed by atoms with Gasteiger partial charge in [0, 0.05) is 24.1 Å². The van der Waals surface area contributed by atoms with Gasteiger partial charge in [0.2, 0.25) is 0 Å². The number of aryl methyl sites for hydroxylation is 1. The van der Waals surface area contributed by atoms with E-state index in [1.165, 1.54) is 0 Å². The Labute approximate surface area is 134 Å². The van der Waals surface area contributed by atoms with E-state index in [2.05, 4.69) is 15.3 Å². The van der Waals surface area contributed by atoms with Crippen LogP contribution in [0, 0.1) is 0 Å². The number of para-hydroxylation sites is 1. The lowest BCUT2D eigenvalue weighted by Gasteiger charge is -2.09. The number of aromatic nitrogens is 2. The molecule has 0 atom stereocenters. The summed E-state index contributed by atoms with van der Waals surface area (Å²) < 4.78 is 5.29. The van der Waals surface area contributed by atoms with Gasteiger partial charge < -0.3 is 15.0 Å². The Kier molecular flexibility index (Phi) is 4.28. The Bertz CT molecular complexity index is 839. The maximum absolute atomic E-state index is 12.4. The van der Waals surface area contributed by atoms with E-state index in [-0.39, 0.29) is 5.91 Å². The zero-order valence-electron chi connectivity index (χ0n) is 13.2. The van der Waals surface area contributed by atoms with E-state index in [1.54, 1.807) is 13.2 Å². The van der Waals surface area contributed by atoms with Gasteiger partial charge >= 0.3 is 0 Å². The number of imidazole rings is 1. The summed E-state index contributed by atoms with van der Waals surface area (Å²) >= 11 is 0. The van der Waals surface area contributed by atoms with Gasteiger partial charge in [-0.2, -0.15) is 0 Å². The smallest absolute Gasteiger partial charge is 0.251 e. The average Bonchev–Trinajstić information content (AvgIpc) is 3.02. The summed E-state index contributed by atoms with van der Waals surface area (Å²) in [5.74, 6) is 1.57. The van der Waals surface area contributed by atoms with Crippen molar-refractivity contribution >= 4 is 16.9 Å². The van der Waals surface area contributed by atoms with Gasteiger partial charge in [-0.05, 0) is 24.3 Å². The lowest BCUT2D eigenvalue weighted by atomic mass is 10.1. The second-order valence-electron chi connectivity index (χ2n) is 5.26. The molecule has 5 nitrogen and oxygen atoms in total. The Morgan fingerprint density at radius 1 is 1.26 bits per heavy atom. The van der Waals surface area contributed by atoms with Crippen LogP contribution in [0.5, 0.6) is 5.75 Å². The molecule has 2 N–H and O–H groups in total. The number of aromatic amines is 1. The molecule has 1 amide bonds. The predicted molar refractivity (Wildman–Crippen MR) is 89.6 cm³/mol. The predicted octanol–water partition coefficient (Wildman–Crippen LogP) is 3.06. The molecule has 0 bridgehead atoms. The van der Waals surface area contributed by atoms with Crippen LogP contribution in [0.15, 0.2) is 42.5 Å². The second-order valence-corrected chi connectivity index (χ2v) is 5.26. The molecule has 3 aromatic rings. The molecule has 0 saturated heterocycles. The molecule has 0 fully saturated rings. The van der Waals surface area contributed by atoms with Gasteiger partial charge in [0.15, 0.2) is 0 Å². The highest BCUT2D eigenvalue weighted by Crippen LogP contribution is 2.18. The first-order valence-corrected chi connectivity index (χ1v) is 7.60. The number of ether oxygens (including phenoxy) is 1. The molecule has 3 rings (SSSR count). The third-order valence-corrected chi connectivity index (χ3v) is 3.76. The molecule has 0 aliphatic rings. The van der Waals surface area contributed by atoms with Crippen molar-refractivity contribution < 1.29 is 9.53 Å². The quantitative estimate of drug-likeness (QED) is 0.761. The summed E-state index contributed by atoms with van der Waals surface area (Å²) in [5.41, 5.74) is 3.31.